The summed E-state index contributed by atoms with van der Waals surface area (Å²) in [6, 6.07) is 6.90. The van der Waals surface area contributed by atoms with E-state index in [0.717, 1.165) is 19.3 Å². The average Bonchev–Trinajstić information content (AvgIpc) is 2.55. The molecule has 1 saturated heterocycles. The molecule has 6 nitrogen and oxygen atoms in total. The normalized spacial score (nSPS) is 17.9. The number of rotatable bonds is 4. The van der Waals surface area contributed by atoms with Crippen LogP contribution in [0.2, 0.25) is 0 Å². The Hall–Kier alpha value is -2.08. The predicted molar refractivity (Wildman–Crippen MR) is 82.7 cm³/mol. The largest absolute Gasteiger partial charge is 0.495 e. The van der Waals surface area contributed by atoms with Gasteiger partial charge in [-0.25, -0.2) is 0 Å². The van der Waals surface area contributed by atoms with E-state index in [2.05, 4.69) is 5.32 Å². The molecular formula is C16H22N2O4. The Balaban J connectivity index is 2.06. The van der Waals surface area contributed by atoms with Gasteiger partial charge in [-0.3, -0.25) is 9.59 Å². The van der Waals surface area contributed by atoms with Gasteiger partial charge in [-0.15, -0.1) is 0 Å². The standard InChI is InChI=1S/C16H22N2O4/c1-22-14-8-3-2-7-13(14)17-15(20)16(21)18-10-5-4-6-12(18)9-11-19/h2-3,7-8,12,19H,4-6,9-11H2,1H3,(H,17,20). The first-order chi connectivity index (χ1) is 10.7. The molecule has 0 spiro atoms. The SMILES string of the molecule is COc1ccccc1NC(=O)C(=O)N1CCCCC1CCO. The van der Waals surface area contributed by atoms with Crippen molar-refractivity contribution >= 4 is 17.5 Å². The highest BCUT2D eigenvalue weighted by atomic mass is 16.5. The van der Waals surface area contributed by atoms with E-state index in [9.17, 15) is 9.59 Å². The van der Waals surface area contributed by atoms with Gasteiger partial charge in [0, 0.05) is 19.2 Å². The summed E-state index contributed by atoms with van der Waals surface area (Å²) in [6.07, 6.45) is 3.24. The van der Waals surface area contributed by atoms with E-state index in [1.807, 2.05) is 0 Å². The number of hydrogen-bond acceptors (Lipinski definition) is 4. The lowest BCUT2D eigenvalue weighted by Crippen LogP contribution is -2.48. The number of carbonyl (C=O) groups excluding carboxylic acids is 2. The monoisotopic (exact) mass is 306 g/mol. The molecule has 1 heterocycles. The zero-order valence-corrected chi connectivity index (χ0v) is 12.7. The second-order valence-electron chi connectivity index (χ2n) is 5.31. The van der Waals surface area contributed by atoms with E-state index in [-0.39, 0.29) is 12.6 Å². The van der Waals surface area contributed by atoms with Crippen molar-refractivity contribution in [2.45, 2.75) is 31.7 Å². The van der Waals surface area contributed by atoms with Crippen LogP contribution in [0.15, 0.2) is 24.3 Å². The Bertz CT molecular complexity index is 531. The smallest absolute Gasteiger partial charge is 0.314 e. The van der Waals surface area contributed by atoms with Crippen LogP contribution in [0.4, 0.5) is 5.69 Å². The van der Waals surface area contributed by atoms with Crippen molar-refractivity contribution in [3.63, 3.8) is 0 Å². The third-order valence-corrected chi connectivity index (χ3v) is 3.90. The number of amides is 2. The molecule has 1 unspecified atom stereocenters. The third kappa shape index (κ3) is 3.76. The molecule has 120 valence electrons. The summed E-state index contributed by atoms with van der Waals surface area (Å²) in [7, 11) is 1.51. The lowest BCUT2D eigenvalue weighted by Gasteiger charge is -2.35. The van der Waals surface area contributed by atoms with Gasteiger partial charge in [0.1, 0.15) is 5.75 Å². The lowest BCUT2D eigenvalue weighted by molar-refractivity contribution is -0.146. The van der Waals surface area contributed by atoms with Crippen molar-refractivity contribution in [3.8, 4) is 5.75 Å². The summed E-state index contributed by atoms with van der Waals surface area (Å²) in [5.41, 5.74) is 0.471. The minimum absolute atomic E-state index is 0.0164. The summed E-state index contributed by atoms with van der Waals surface area (Å²) in [5.74, 6) is -0.715. The number of carbonyl (C=O) groups is 2. The topological polar surface area (TPSA) is 78.9 Å². The maximum Gasteiger partial charge on any atom is 0.314 e. The number of aliphatic hydroxyl groups is 1. The van der Waals surface area contributed by atoms with Crippen molar-refractivity contribution < 1.29 is 19.4 Å². The molecule has 1 aliphatic rings. The Morgan fingerprint density at radius 3 is 2.86 bits per heavy atom. The fourth-order valence-electron chi connectivity index (χ4n) is 2.77. The summed E-state index contributed by atoms with van der Waals surface area (Å²) in [6.45, 7) is 0.575. The Labute approximate surface area is 130 Å². The molecule has 0 aliphatic carbocycles. The summed E-state index contributed by atoms with van der Waals surface area (Å²) >= 11 is 0. The number of nitrogens with one attached hydrogen (secondary N) is 1. The van der Waals surface area contributed by atoms with Crippen molar-refractivity contribution in [3.05, 3.63) is 24.3 Å². The van der Waals surface area contributed by atoms with E-state index in [1.165, 1.54) is 7.11 Å². The number of anilines is 1. The maximum atomic E-state index is 12.4. The number of piperidine rings is 1. The van der Waals surface area contributed by atoms with Crippen molar-refractivity contribution in [1.82, 2.24) is 4.90 Å². The number of likely N-dealkylation sites (tertiary alicyclic amines) is 1. The van der Waals surface area contributed by atoms with Crippen LogP contribution >= 0.6 is 0 Å². The second-order valence-corrected chi connectivity index (χ2v) is 5.31. The van der Waals surface area contributed by atoms with Crippen LogP contribution in [-0.2, 0) is 9.59 Å². The van der Waals surface area contributed by atoms with Gasteiger partial charge >= 0.3 is 11.8 Å². The Kier molecular flexibility index (Phi) is 5.77. The van der Waals surface area contributed by atoms with E-state index in [0.29, 0.717) is 24.4 Å². The minimum atomic E-state index is -0.672. The van der Waals surface area contributed by atoms with Crippen LogP contribution in [0.1, 0.15) is 25.7 Å². The first-order valence-corrected chi connectivity index (χ1v) is 7.53. The lowest BCUT2D eigenvalue weighted by atomic mass is 9.99. The van der Waals surface area contributed by atoms with Gasteiger partial charge < -0.3 is 20.1 Å². The highest BCUT2D eigenvalue weighted by molar-refractivity contribution is 6.39. The number of hydrogen-bond donors (Lipinski definition) is 2. The first-order valence-electron chi connectivity index (χ1n) is 7.53. The molecule has 0 radical (unpaired) electrons. The molecule has 0 aromatic heterocycles. The number of methoxy groups -OCH3 is 1. The van der Waals surface area contributed by atoms with Crippen LogP contribution in [0.3, 0.4) is 0 Å². The summed E-state index contributed by atoms with van der Waals surface area (Å²) in [4.78, 5) is 26.2. The number of para-hydroxylation sites is 2. The molecule has 1 aromatic rings. The van der Waals surface area contributed by atoms with Crippen LogP contribution < -0.4 is 10.1 Å². The predicted octanol–water partition coefficient (Wildman–Crippen LogP) is 1.40. The van der Waals surface area contributed by atoms with Crippen LogP contribution in [0, 0.1) is 0 Å². The van der Waals surface area contributed by atoms with Crippen LogP contribution in [0.5, 0.6) is 5.75 Å². The summed E-state index contributed by atoms with van der Waals surface area (Å²) < 4.78 is 5.16. The van der Waals surface area contributed by atoms with E-state index in [4.69, 9.17) is 9.84 Å². The number of ether oxygens (including phenoxy) is 1. The highest BCUT2D eigenvalue weighted by Gasteiger charge is 2.30. The number of nitrogens with zero attached hydrogens (tertiary/aromatic N) is 1. The van der Waals surface area contributed by atoms with Gasteiger partial charge in [0.15, 0.2) is 0 Å². The third-order valence-electron chi connectivity index (χ3n) is 3.90. The minimum Gasteiger partial charge on any atom is -0.495 e. The molecule has 1 aromatic carbocycles. The van der Waals surface area contributed by atoms with Crippen LogP contribution in [0.25, 0.3) is 0 Å². The van der Waals surface area contributed by atoms with Gasteiger partial charge in [0.2, 0.25) is 0 Å². The zero-order valence-electron chi connectivity index (χ0n) is 12.7. The van der Waals surface area contributed by atoms with Gasteiger partial charge in [-0.2, -0.15) is 0 Å². The van der Waals surface area contributed by atoms with Crippen molar-refractivity contribution in [2.24, 2.45) is 0 Å². The van der Waals surface area contributed by atoms with Gasteiger partial charge in [-0.1, -0.05) is 12.1 Å². The Morgan fingerprint density at radius 2 is 2.14 bits per heavy atom. The Morgan fingerprint density at radius 1 is 1.36 bits per heavy atom. The zero-order chi connectivity index (χ0) is 15.9. The van der Waals surface area contributed by atoms with Crippen molar-refractivity contribution in [2.75, 3.05) is 25.6 Å². The van der Waals surface area contributed by atoms with Gasteiger partial charge in [0.05, 0.1) is 12.8 Å². The molecule has 6 heteroatoms. The molecule has 1 aliphatic heterocycles. The van der Waals surface area contributed by atoms with Crippen molar-refractivity contribution in [1.29, 1.82) is 0 Å². The second kappa shape index (κ2) is 7.79. The van der Waals surface area contributed by atoms with Gasteiger partial charge in [0.25, 0.3) is 0 Å². The molecule has 1 atom stereocenters. The van der Waals surface area contributed by atoms with E-state index in [1.54, 1.807) is 29.2 Å². The summed E-state index contributed by atoms with van der Waals surface area (Å²) in [5, 5.41) is 11.7. The number of benzene rings is 1. The number of aliphatic hydroxyl groups excluding tert-OH is 1. The molecule has 2 amide bonds. The maximum absolute atomic E-state index is 12.4. The molecule has 1 fully saturated rings. The molecule has 22 heavy (non-hydrogen) atoms. The molecule has 0 saturated carbocycles. The van der Waals surface area contributed by atoms with Gasteiger partial charge in [-0.05, 0) is 37.8 Å². The van der Waals surface area contributed by atoms with E-state index < -0.39 is 11.8 Å². The molecule has 2 N–H and O–H groups in total. The molecule has 2 rings (SSSR count). The van der Waals surface area contributed by atoms with Crippen LogP contribution in [-0.4, -0.2) is 48.1 Å². The fourth-order valence-corrected chi connectivity index (χ4v) is 2.77. The quantitative estimate of drug-likeness (QED) is 0.824. The van der Waals surface area contributed by atoms with E-state index >= 15 is 0 Å². The molecule has 0 bridgehead atoms. The highest BCUT2D eigenvalue weighted by Crippen LogP contribution is 2.24. The first kappa shape index (κ1) is 16.3. The average molecular weight is 306 g/mol. The fraction of sp³-hybridized carbons (Fsp3) is 0.500. The molecular weight excluding hydrogens is 284 g/mol.